The zero-order valence-electron chi connectivity index (χ0n) is 14.4. The Kier molecular flexibility index (Phi) is 4.10. The van der Waals surface area contributed by atoms with Gasteiger partial charge in [-0.25, -0.2) is 9.18 Å². The van der Waals surface area contributed by atoms with Crippen LogP contribution in [-0.2, 0) is 24.1 Å². The van der Waals surface area contributed by atoms with Crippen LogP contribution < -0.4 is 16.0 Å². The van der Waals surface area contributed by atoms with Gasteiger partial charge in [-0.1, -0.05) is 0 Å². The number of benzene rings is 1. The molecule has 1 aliphatic heterocycles. The SMILES string of the molecule is Cc1[nH]nc2c1CC(NC(=O)Nc1cc3c(cc1F)CCC(=O)N3)CC2. The number of carbonyl (C=O) groups is 2. The lowest BCUT2D eigenvalue weighted by Crippen LogP contribution is -2.41. The molecule has 1 atom stereocenters. The Labute approximate surface area is 149 Å². The molecule has 2 heterocycles. The molecule has 0 saturated heterocycles. The van der Waals surface area contributed by atoms with Crippen LogP contribution in [0.2, 0.25) is 0 Å². The third kappa shape index (κ3) is 3.14. The number of nitrogens with one attached hydrogen (secondary N) is 4. The molecular weight excluding hydrogens is 337 g/mol. The van der Waals surface area contributed by atoms with E-state index in [0.29, 0.717) is 24.9 Å². The molecule has 1 aromatic carbocycles. The standard InChI is InChI=1S/C18H20FN5O2/c1-9-12-7-11(3-4-14(12)24-23-9)20-18(26)22-16-8-15-10(6-13(16)19)2-5-17(25)21-15/h6,8,11H,2-5,7H2,1H3,(H,21,25)(H,23,24)(H2,20,22,26). The van der Waals surface area contributed by atoms with Crippen LogP contribution in [0.3, 0.4) is 0 Å². The number of aryl methyl sites for hydroxylation is 3. The number of urea groups is 1. The first-order valence-electron chi connectivity index (χ1n) is 8.72. The summed E-state index contributed by atoms with van der Waals surface area (Å²) >= 11 is 0. The van der Waals surface area contributed by atoms with E-state index >= 15 is 0 Å². The zero-order valence-corrected chi connectivity index (χ0v) is 14.4. The maximum absolute atomic E-state index is 14.3. The highest BCUT2D eigenvalue weighted by molar-refractivity contribution is 5.96. The summed E-state index contributed by atoms with van der Waals surface area (Å²) in [6.07, 6.45) is 3.13. The topological polar surface area (TPSA) is 98.9 Å². The molecular formula is C18H20FN5O2. The quantitative estimate of drug-likeness (QED) is 0.664. The maximum atomic E-state index is 14.3. The first kappa shape index (κ1) is 16.6. The Bertz CT molecular complexity index is 892. The fourth-order valence-electron chi connectivity index (χ4n) is 3.60. The summed E-state index contributed by atoms with van der Waals surface area (Å²) in [4.78, 5) is 23.8. The molecule has 8 heteroatoms. The fraction of sp³-hybridized carbons (Fsp3) is 0.389. The Morgan fingerprint density at radius 3 is 3.00 bits per heavy atom. The van der Waals surface area contributed by atoms with E-state index in [-0.39, 0.29) is 17.6 Å². The number of aromatic nitrogens is 2. The Morgan fingerprint density at radius 2 is 2.15 bits per heavy atom. The predicted molar refractivity (Wildman–Crippen MR) is 94.6 cm³/mol. The number of fused-ring (bicyclic) bond motifs is 2. The van der Waals surface area contributed by atoms with Crippen LogP contribution in [0, 0.1) is 12.7 Å². The van der Waals surface area contributed by atoms with Gasteiger partial charge in [0.05, 0.1) is 11.4 Å². The number of halogens is 1. The summed E-state index contributed by atoms with van der Waals surface area (Å²) in [6.45, 7) is 1.96. The molecule has 4 rings (SSSR count). The molecule has 1 aromatic heterocycles. The van der Waals surface area contributed by atoms with Gasteiger partial charge in [-0.2, -0.15) is 5.10 Å². The van der Waals surface area contributed by atoms with Crippen molar-refractivity contribution in [3.05, 3.63) is 40.5 Å². The zero-order chi connectivity index (χ0) is 18.3. The second kappa shape index (κ2) is 6.44. The van der Waals surface area contributed by atoms with Gasteiger partial charge in [0.1, 0.15) is 5.82 Å². The summed E-state index contributed by atoms with van der Waals surface area (Å²) in [5.41, 5.74) is 4.56. The van der Waals surface area contributed by atoms with Crippen LogP contribution >= 0.6 is 0 Å². The Morgan fingerprint density at radius 1 is 1.31 bits per heavy atom. The van der Waals surface area contributed by atoms with Crippen LogP contribution in [0.25, 0.3) is 0 Å². The largest absolute Gasteiger partial charge is 0.335 e. The number of hydrogen-bond acceptors (Lipinski definition) is 3. The lowest BCUT2D eigenvalue weighted by atomic mass is 9.92. The molecule has 0 radical (unpaired) electrons. The number of carbonyl (C=O) groups excluding carboxylic acids is 2. The number of anilines is 2. The van der Waals surface area contributed by atoms with E-state index in [2.05, 4.69) is 26.1 Å². The third-order valence-electron chi connectivity index (χ3n) is 5.01. The minimum Gasteiger partial charge on any atom is -0.335 e. The first-order chi connectivity index (χ1) is 12.5. The second-order valence-corrected chi connectivity index (χ2v) is 6.85. The van der Waals surface area contributed by atoms with Crippen molar-refractivity contribution in [2.24, 2.45) is 0 Å². The van der Waals surface area contributed by atoms with Crippen molar-refractivity contribution in [2.75, 3.05) is 10.6 Å². The molecule has 7 nitrogen and oxygen atoms in total. The van der Waals surface area contributed by atoms with Gasteiger partial charge >= 0.3 is 6.03 Å². The minimum atomic E-state index is -0.508. The smallest absolute Gasteiger partial charge is 0.319 e. The lowest BCUT2D eigenvalue weighted by Gasteiger charge is -2.24. The van der Waals surface area contributed by atoms with E-state index in [1.807, 2.05) is 6.92 Å². The van der Waals surface area contributed by atoms with E-state index in [9.17, 15) is 14.0 Å². The van der Waals surface area contributed by atoms with Gasteiger partial charge in [0.2, 0.25) is 5.91 Å². The number of amides is 3. The van der Waals surface area contributed by atoms with Crippen LogP contribution in [0.5, 0.6) is 0 Å². The molecule has 136 valence electrons. The van der Waals surface area contributed by atoms with E-state index in [4.69, 9.17) is 0 Å². The number of nitrogens with zero attached hydrogens (tertiary/aromatic N) is 1. The van der Waals surface area contributed by atoms with Crippen molar-refractivity contribution in [1.82, 2.24) is 15.5 Å². The van der Waals surface area contributed by atoms with Crippen molar-refractivity contribution >= 4 is 23.3 Å². The van der Waals surface area contributed by atoms with Crippen LogP contribution in [0.4, 0.5) is 20.6 Å². The molecule has 0 bridgehead atoms. The summed E-state index contributed by atoms with van der Waals surface area (Å²) in [7, 11) is 0. The van der Waals surface area contributed by atoms with E-state index < -0.39 is 11.8 Å². The molecule has 26 heavy (non-hydrogen) atoms. The summed E-state index contributed by atoms with van der Waals surface area (Å²) in [5.74, 6) is -0.611. The van der Waals surface area contributed by atoms with E-state index in [1.54, 1.807) is 0 Å². The molecule has 1 unspecified atom stereocenters. The number of H-pyrrole nitrogens is 1. The molecule has 2 aromatic rings. The van der Waals surface area contributed by atoms with Crippen LogP contribution in [-0.4, -0.2) is 28.2 Å². The number of aromatic amines is 1. The normalized spacial score (nSPS) is 18.5. The highest BCUT2D eigenvalue weighted by Gasteiger charge is 2.24. The van der Waals surface area contributed by atoms with Gasteiger partial charge in [0, 0.05) is 23.8 Å². The Balaban J connectivity index is 1.43. The third-order valence-corrected chi connectivity index (χ3v) is 5.01. The monoisotopic (exact) mass is 357 g/mol. The maximum Gasteiger partial charge on any atom is 0.319 e. The molecule has 2 aliphatic rings. The van der Waals surface area contributed by atoms with Crippen molar-refractivity contribution in [3.8, 4) is 0 Å². The molecule has 0 spiro atoms. The number of hydrogen-bond donors (Lipinski definition) is 4. The summed E-state index contributed by atoms with van der Waals surface area (Å²) in [5, 5.41) is 15.4. The predicted octanol–water partition coefficient (Wildman–Crippen LogP) is 2.42. The lowest BCUT2D eigenvalue weighted by molar-refractivity contribution is -0.116. The van der Waals surface area contributed by atoms with Crippen LogP contribution in [0.1, 0.15) is 35.4 Å². The fourth-order valence-corrected chi connectivity index (χ4v) is 3.60. The molecule has 4 N–H and O–H groups in total. The van der Waals surface area contributed by atoms with Crippen molar-refractivity contribution in [2.45, 2.75) is 45.1 Å². The van der Waals surface area contributed by atoms with Crippen molar-refractivity contribution < 1.29 is 14.0 Å². The van der Waals surface area contributed by atoms with Gasteiger partial charge < -0.3 is 16.0 Å². The summed E-state index contributed by atoms with van der Waals surface area (Å²) < 4.78 is 14.3. The average molecular weight is 357 g/mol. The number of rotatable bonds is 2. The van der Waals surface area contributed by atoms with Gasteiger partial charge in [-0.3, -0.25) is 9.89 Å². The highest BCUT2D eigenvalue weighted by atomic mass is 19.1. The van der Waals surface area contributed by atoms with Gasteiger partial charge in [0.15, 0.2) is 0 Å². The highest BCUT2D eigenvalue weighted by Crippen LogP contribution is 2.29. The van der Waals surface area contributed by atoms with Gasteiger partial charge in [0.25, 0.3) is 0 Å². The molecule has 0 saturated carbocycles. The Hall–Kier alpha value is -2.90. The second-order valence-electron chi connectivity index (χ2n) is 6.85. The summed E-state index contributed by atoms with van der Waals surface area (Å²) in [6, 6.07) is 2.35. The van der Waals surface area contributed by atoms with E-state index in [0.717, 1.165) is 35.4 Å². The van der Waals surface area contributed by atoms with Gasteiger partial charge in [-0.05, 0) is 55.9 Å². The van der Waals surface area contributed by atoms with E-state index in [1.165, 1.54) is 12.1 Å². The first-order valence-corrected chi connectivity index (χ1v) is 8.72. The minimum absolute atomic E-state index is 0.0285. The average Bonchev–Trinajstić information content (AvgIpc) is 2.97. The van der Waals surface area contributed by atoms with Crippen LogP contribution in [0.15, 0.2) is 12.1 Å². The molecule has 0 fully saturated rings. The van der Waals surface area contributed by atoms with Gasteiger partial charge in [-0.15, -0.1) is 0 Å². The molecule has 3 amide bonds. The van der Waals surface area contributed by atoms with Crippen molar-refractivity contribution in [1.29, 1.82) is 0 Å². The van der Waals surface area contributed by atoms with Crippen molar-refractivity contribution in [3.63, 3.8) is 0 Å². The molecule has 1 aliphatic carbocycles.